The molecular formula is C13H19NO2. The Balaban J connectivity index is 2.77. The number of likely N-dealkylation sites (N-methyl/N-ethyl adjacent to an activating group) is 1. The lowest BCUT2D eigenvalue weighted by atomic mass is 10.1. The van der Waals surface area contributed by atoms with Crippen LogP contribution in [0.2, 0.25) is 0 Å². The highest BCUT2D eigenvalue weighted by Gasteiger charge is 2.16. The molecule has 0 saturated heterocycles. The van der Waals surface area contributed by atoms with Gasteiger partial charge in [0.25, 0.3) is 0 Å². The summed E-state index contributed by atoms with van der Waals surface area (Å²) in [5.41, 5.74) is 2.23. The molecule has 16 heavy (non-hydrogen) atoms. The number of anilines is 1. The number of hydrogen-bond donors (Lipinski definition) is 1. The summed E-state index contributed by atoms with van der Waals surface area (Å²) in [7, 11) is 1.80. The highest BCUT2D eigenvalue weighted by atomic mass is 16.4. The fourth-order valence-corrected chi connectivity index (χ4v) is 1.58. The Morgan fingerprint density at radius 3 is 2.38 bits per heavy atom. The van der Waals surface area contributed by atoms with Crippen LogP contribution >= 0.6 is 0 Å². The molecule has 0 radical (unpaired) electrons. The van der Waals surface area contributed by atoms with Crippen molar-refractivity contribution in [2.75, 3.05) is 11.9 Å². The van der Waals surface area contributed by atoms with Crippen LogP contribution in [-0.2, 0) is 11.2 Å². The maximum Gasteiger partial charge on any atom is 0.326 e. The van der Waals surface area contributed by atoms with Gasteiger partial charge in [-0.1, -0.05) is 25.5 Å². The van der Waals surface area contributed by atoms with Gasteiger partial charge in [0, 0.05) is 12.7 Å². The van der Waals surface area contributed by atoms with Gasteiger partial charge in [0.1, 0.15) is 6.04 Å². The topological polar surface area (TPSA) is 40.5 Å². The summed E-state index contributed by atoms with van der Waals surface area (Å²) in [6.07, 6.45) is 2.19. The monoisotopic (exact) mass is 221 g/mol. The van der Waals surface area contributed by atoms with Crippen LogP contribution in [0.15, 0.2) is 24.3 Å². The van der Waals surface area contributed by atoms with E-state index in [1.54, 1.807) is 18.9 Å². The summed E-state index contributed by atoms with van der Waals surface area (Å²) in [6.45, 7) is 3.83. The van der Waals surface area contributed by atoms with Crippen molar-refractivity contribution in [3.63, 3.8) is 0 Å². The second-order valence-corrected chi connectivity index (χ2v) is 4.04. The summed E-state index contributed by atoms with van der Waals surface area (Å²) < 4.78 is 0. The van der Waals surface area contributed by atoms with Crippen molar-refractivity contribution < 1.29 is 9.90 Å². The van der Waals surface area contributed by atoms with Gasteiger partial charge in [-0.25, -0.2) is 4.79 Å². The predicted molar refractivity (Wildman–Crippen MR) is 65.9 cm³/mol. The maximum absolute atomic E-state index is 10.8. The Morgan fingerprint density at radius 2 is 1.94 bits per heavy atom. The van der Waals surface area contributed by atoms with E-state index < -0.39 is 12.0 Å². The number of rotatable bonds is 5. The zero-order chi connectivity index (χ0) is 12.1. The number of nitrogens with zero attached hydrogens (tertiary/aromatic N) is 1. The van der Waals surface area contributed by atoms with Crippen molar-refractivity contribution in [3.05, 3.63) is 29.8 Å². The lowest BCUT2D eigenvalue weighted by Crippen LogP contribution is -2.35. The molecule has 1 unspecified atom stereocenters. The minimum Gasteiger partial charge on any atom is -0.480 e. The maximum atomic E-state index is 10.8. The molecule has 0 aromatic heterocycles. The number of aliphatic carboxylic acids is 1. The van der Waals surface area contributed by atoms with Crippen LogP contribution in [0.4, 0.5) is 5.69 Å². The lowest BCUT2D eigenvalue weighted by molar-refractivity contribution is -0.138. The number of carboxylic acid groups (broad SMARTS) is 1. The fourth-order valence-electron chi connectivity index (χ4n) is 1.58. The molecule has 0 aliphatic rings. The average Bonchev–Trinajstić information content (AvgIpc) is 2.28. The number of hydrogen-bond acceptors (Lipinski definition) is 2. The molecule has 3 heteroatoms. The van der Waals surface area contributed by atoms with Gasteiger partial charge in [-0.15, -0.1) is 0 Å². The molecule has 1 aromatic carbocycles. The SMILES string of the molecule is CCCc1ccc(N(C)C(C)C(=O)O)cc1. The van der Waals surface area contributed by atoms with Crippen LogP contribution in [0.5, 0.6) is 0 Å². The van der Waals surface area contributed by atoms with Gasteiger partial charge in [-0.2, -0.15) is 0 Å². The molecule has 0 heterocycles. The number of carbonyl (C=O) groups is 1. The Bertz CT molecular complexity index is 345. The molecule has 0 bridgehead atoms. The third kappa shape index (κ3) is 2.99. The molecular weight excluding hydrogens is 202 g/mol. The van der Waals surface area contributed by atoms with Crippen LogP contribution in [-0.4, -0.2) is 24.2 Å². The van der Waals surface area contributed by atoms with E-state index in [9.17, 15) is 4.79 Å². The van der Waals surface area contributed by atoms with Crippen molar-refractivity contribution in [1.29, 1.82) is 0 Å². The van der Waals surface area contributed by atoms with Crippen LogP contribution in [0, 0.1) is 0 Å². The van der Waals surface area contributed by atoms with Crippen LogP contribution < -0.4 is 4.90 Å². The number of benzene rings is 1. The quantitative estimate of drug-likeness (QED) is 0.830. The van der Waals surface area contributed by atoms with Crippen molar-refractivity contribution >= 4 is 11.7 Å². The van der Waals surface area contributed by atoms with Gasteiger partial charge in [0.15, 0.2) is 0 Å². The molecule has 3 nitrogen and oxygen atoms in total. The molecule has 1 N–H and O–H groups in total. The number of carboxylic acids is 1. The molecule has 0 fully saturated rings. The molecule has 0 spiro atoms. The van der Waals surface area contributed by atoms with Crippen molar-refractivity contribution in [1.82, 2.24) is 0 Å². The molecule has 0 amide bonds. The standard InChI is InChI=1S/C13H19NO2/c1-4-5-11-6-8-12(9-7-11)14(3)10(2)13(15)16/h6-10H,4-5H2,1-3H3,(H,15,16). The molecule has 1 atom stereocenters. The summed E-state index contributed by atoms with van der Waals surface area (Å²) in [5.74, 6) is -0.805. The van der Waals surface area contributed by atoms with Crippen molar-refractivity contribution in [3.8, 4) is 0 Å². The highest BCUT2D eigenvalue weighted by Crippen LogP contribution is 2.17. The normalized spacial score (nSPS) is 12.2. The molecule has 1 rings (SSSR count). The largest absolute Gasteiger partial charge is 0.480 e. The third-order valence-electron chi connectivity index (χ3n) is 2.82. The van der Waals surface area contributed by atoms with E-state index >= 15 is 0 Å². The van der Waals surface area contributed by atoms with E-state index in [1.165, 1.54) is 5.56 Å². The van der Waals surface area contributed by atoms with Crippen molar-refractivity contribution in [2.24, 2.45) is 0 Å². The van der Waals surface area contributed by atoms with Gasteiger partial charge in [-0.05, 0) is 31.0 Å². The van der Waals surface area contributed by atoms with Gasteiger partial charge < -0.3 is 10.0 Å². The first-order valence-corrected chi connectivity index (χ1v) is 5.60. The summed E-state index contributed by atoms with van der Waals surface area (Å²) in [4.78, 5) is 12.6. The van der Waals surface area contributed by atoms with Crippen LogP contribution in [0.25, 0.3) is 0 Å². The highest BCUT2D eigenvalue weighted by molar-refractivity contribution is 5.77. The Morgan fingerprint density at radius 1 is 1.38 bits per heavy atom. The van der Waals surface area contributed by atoms with E-state index in [0.29, 0.717) is 0 Å². The fraction of sp³-hybridized carbons (Fsp3) is 0.462. The Hall–Kier alpha value is -1.51. The van der Waals surface area contributed by atoms with Crippen LogP contribution in [0.1, 0.15) is 25.8 Å². The minimum atomic E-state index is -0.805. The van der Waals surface area contributed by atoms with Gasteiger partial charge >= 0.3 is 5.97 Å². The van der Waals surface area contributed by atoms with E-state index in [4.69, 9.17) is 5.11 Å². The van der Waals surface area contributed by atoms with E-state index in [0.717, 1.165) is 18.5 Å². The second-order valence-electron chi connectivity index (χ2n) is 4.04. The smallest absolute Gasteiger partial charge is 0.326 e. The first kappa shape index (κ1) is 12.6. The Kier molecular flexibility index (Phi) is 4.35. The van der Waals surface area contributed by atoms with Gasteiger partial charge in [0.2, 0.25) is 0 Å². The minimum absolute atomic E-state index is 0.503. The van der Waals surface area contributed by atoms with Gasteiger partial charge in [-0.3, -0.25) is 0 Å². The first-order chi connectivity index (χ1) is 7.56. The summed E-state index contributed by atoms with van der Waals surface area (Å²) in [5, 5.41) is 8.91. The van der Waals surface area contributed by atoms with Gasteiger partial charge in [0.05, 0.1) is 0 Å². The molecule has 1 aromatic rings. The average molecular weight is 221 g/mol. The molecule has 88 valence electrons. The van der Waals surface area contributed by atoms with E-state index in [2.05, 4.69) is 19.1 Å². The summed E-state index contributed by atoms with van der Waals surface area (Å²) in [6, 6.07) is 7.57. The lowest BCUT2D eigenvalue weighted by Gasteiger charge is -2.23. The summed E-state index contributed by atoms with van der Waals surface area (Å²) >= 11 is 0. The zero-order valence-electron chi connectivity index (χ0n) is 10.1. The second kappa shape index (κ2) is 5.54. The first-order valence-electron chi connectivity index (χ1n) is 5.60. The zero-order valence-corrected chi connectivity index (χ0v) is 10.1. The predicted octanol–water partition coefficient (Wildman–Crippen LogP) is 2.55. The van der Waals surface area contributed by atoms with E-state index in [1.807, 2.05) is 12.1 Å². The number of aryl methyl sites for hydroxylation is 1. The molecule has 0 aliphatic carbocycles. The van der Waals surface area contributed by atoms with Crippen LogP contribution in [0.3, 0.4) is 0 Å². The molecule has 0 aliphatic heterocycles. The Labute approximate surface area is 96.7 Å². The molecule has 0 saturated carbocycles. The third-order valence-corrected chi connectivity index (χ3v) is 2.82. The van der Waals surface area contributed by atoms with Crippen molar-refractivity contribution in [2.45, 2.75) is 32.7 Å². The van der Waals surface area contributed by atoms with E-state index in [-0.39, 0.29) is 0 Å².